The third-order valence-corrected chi connectivity index (χ3v) is 4.59. The average Bonchev–Trinajstić information content (AvgIpc) is 3.23. The van der Waals surface area contributed by atoms with Gasteiger partial charge in [-0.2, -0.15) is 0 Å². The largest absolute Gasteiger partial charge is 0.339 e. The van der Waals surface area contributed by atoms with Crippen molar-refractivity contribution in [3.05, 3.63) is 59.9 Å². The lowest BCUT2D eigenvalue weighted by atomic mass is 10.1. The van der Waals surface area contributed by atoms with E-state index in [4.69, 9.17) is 0 Å². The van der Waals surface area contributed by atoms with Gasteiger partial charge in [0.15, 0.2) is 11.6 Å². The van der Waals surface area contributed by atoms with E-state index < -0.39 is 17.8 Å². The Balaban J connectivity index is 1.60. The number of pyridine rings is 1. The minimum atomic E-state index is -0.947. The van der Waals surface area contributed by atoms with Gasteiger partial charge in [-0.3, -0.25) is 4.79 Å². The van der Waals surface area contributed by atoms with Gasteiger partial charge in [0.2, 0.25) is 5.91 Å². The molecule has 1 fully saturated rings. The first-order chi connectivity index (χ1) is 12.5. The molecular formula is C19H16F3N3O. The molecule has 4 rings (SSSR count). The molecule has 1 saturated heterocycles. The number of hydrogen-bond acceptors (Lipinski definition) is 2. The molecule has 0 radical (unpaired) electrons. The van der Waals surface area contributed by atoms with E-state index in [9.17, 15) is 18.0 Å². The molecule has 3 aromatic rings. The number of nitrogens with zero attached hydrogens (tertiary/aromatic N) is 3. The van der Waals surface area contributed by atoms with E-state index in [-0.39, 0.29) is 24.4 Å². The van der Waals surface area contributed by atoms with E-state index in [1.807, 2.05) is 0 Å². The van der Waals surface area contributed by atoms with Crippen molar-refractivity contribution in [3.8, 4) is 11.3 Å². The molecular weight excluding hydrogens is 343 g/mol. The van der Waals surface area contributed by atoms with Gasteiger partial charge in [0.05, 0.1) is 18.7 Å². The summed E-state index contributed by atoms with van der Waals surface area (Å²) in [7, 11) is 0. The number of aromatic nitrogens is 2. The monoisotopic (exact) mass is 359 g/mol. The summed E-state index contributed by atoms with van der Waals surface area (Å²) in [4.78, 5) is 18.1. The van der Waals surface area contributed by atoms with Gasteiger partial charge in [0, 0.05) is 24.5 Å². The lowest BCUT2D eigenvalue weighted by Crippen LogP contribution is -2.30. The van der Waals surface area contributed by atoms with Gasteiger partial charge in [-0.15, -0.1) is 0 Å². The number of fused-ring (bicyclic) bond motifs is 1. The summed E-state index contributed by atoms with van der Waals surface area (Å²) in [5.41, 5.74) is 1.66. The Morgan fingerprint density at radius 2 is 2.12 bits per heavy atom. The van der Waals surface area contributed by atoms with E-state index in [2.05, 4.69) is 4.98 Å². The standard InChI is InChI=1S/C19H16F3N3O/c20-13-5-7-25(10-13)18(26)9-12-4-6-24-11-16(23-17(24)8-12)14-2-1-3-15(21)19(14)22/h1-4,6,8,11,13H,5,7,9-10H2/t13-/m0/s1. The van der Waals surface area contributed by atoms with Crippen LogP contribution < -0.4 is 0 Å². The normalized spacial score (nSPS) is 17.2. The second-order valence-corrected chi connectivity index (χ2v) is 6.43. The summed E-state index contributed by atoms with van der Waals surface area (Å²) in [6, 6.07) is 7.43. The van der Waals surface area contributed by atoms with Crippen LogP contribution in [-0.2, 0) is 11.2 Å². The predicted molar refractivity (Wildman–Crippen MR) is 90.3 cm³/mol. The molecule has 0 bridgehead atoms. The van der Waals surface area contributed by atoms with E-state index in [1.165, 1.54) is 17.0 Å². The fourth-order valence-electron chi connectivity index (χ4n) is 3.20. The summed E-state index contributed by atoms with van der Waals surface area (Å²) < 4.78 is 42.3. The second kappa shape index (κ2) is 6.48. The number of rotatable bonds is 3. The van der Waals surface area contributed by atoms with Crippen LogP contribution in [0, 0.1) is 11.6 Å². The number of hydrogen-bond donors (Lipinski definition) is 0. The maximum atomic E-state index is 14.0. The highest BCUT2D eigenvalue weighted by Gasteiger charge is 2.25. The second-order valence-electron chi connectivity index (χ2n) is 6.43. The van der Waals surface area contributed by atoms with Gasteiger partial charge in [-0.05, 0) is 36.2 Å². The Hall–Kier alpha value is -2.83. The zero-order valence-electron chi connectivity index (χ0n) is 13.8. The Morgan fingerprint density at radius 3 is 2.88 bits per heavy atom. The predicted octanol–water partition coefficient (Wildman–Crippen LogP) is 3.39. The van der Waals surface area contributed by atoms with Crippen LogP contribution in [0.15, 0.2) is 42.7 Å². The summed E-state index contributed by atoms with van der Waals surface area (Å²) >= 11 is 0. The van der Waals surface area contributed by atoms with Crippen molar-refractivity contribution in [2.45, 2.75) is 19.0 Å². The molecule has 4 nitrogen and oxygen atoms in total. The number of carbonyl (C=O) groups excluding carboxylic acids is 1. The van der Waals surface area contributed by atoms with Crippen molar-refractivity contribution in [1.29, 1.82) is 0 Å². The van der Waals surface area contributed by atoms with E-state index in [1.54, 1.807) is 28.9 Å². The van der Waals surface area contributed by atoms with Gasteiger partial charge in [-0.25, -0.2) is 18.2 Å². The molecule has 1 aliphatic rings. The van der Waals surface area contributed by atoms with Gasteiger partial charge in [0.25, 0.3) is 0 Å². The van der Waals surface area contributed by atoms with Crippen LogP contribution in [-0.4, -0.2) is 39.5 Å². The van der Waals surface area contributed by atoms with Crippen LogP contribution in [0.5, 0.6) is 0 Å². The molecule has 134 valence electrons. The fraction of sp³-hybridized carbons (Fsp3) is 0.263. The Labute approximate surface area is 147 Å². The first-order valence-corrected chi connectivity index (χ1v) is 8.35. The number of alkyl halides is 1. The molecule has 7 heteroatoms. The van der Waals surface area contributed by atoms with Crippen LogP contribution >= 0.6 is 0 Å². The molecule has 0 saturated carbocycles. The summed E-state index contributed by atoms with van der Waals surface area (Å²) in [5.74, 6) is -2.00. The molecule has 3 heterocycles. The highest BCUT2D eigenvalue weighted by molar-refractivity contribution is 5.79. The summed E-state index contributed by atoms with van der Waals surface area (Å²) in [5, 5.41) is 0. The number of carbonyl (C=O) groups is 1. The number of amides is 1. The summed E-state index contributed by atoms with van der Waals surface area (Å²) in [6.07, 6.45) is 2.91. The smallest absolute Gasteiger partial charge is 0.227 e. The maximum Gasteiger partial charge on any atom is 0.227 e. The van der Waals surface area contributed by atoms with Crippen molar-refractivity contribution >= 4 is 11.6 Å². The molecule has 0 aliphatic carbocycles. The molecule has 1 aromatic carbocycles. The number of benzene rings is 1. The van der Waals surface area contributed by atoms with Crippen molar-refractivity contribution in [2.75, 3.05) is 13.1 Å². The van der Waals surface area contributed by atoms with Crippen molar-refractivity contribution in [3.63, 3.8) is 0 Å². The first-order valence-electron chi connectivity index (χ1n) is 8.35. The number of imidazole rings is 1. The quantitative estimate of drug-likeness (QED) is 0.719. The Bertz CT molecular complexity index is 985. The highest BCUT2D eigenvalue weighted by Crippen LogP contribution is 2.24. The van der Waals surface area contributed by atoms with Gasteiger partial charge < -0.3 is 9.30 Å². The minimum Gasteiger partial charge on any atom is -0.339 e. The third kappa shape index (κ3) is 3.05. The molecule has 1 aliphatic heterocycles. The van der Waals surface area contributed by atoms with Gasteiger partial charge in [-0.1, -0.05) is 6.07 Å². The van der Waals surface area contributed by atoms with E-state index in [0.29, 0.717) is 24.3 Å². The van der Waals surface area contributed by atoms with Crippen LogP contribution in [0.4, 0.5) is 13.2 Å². The molecule has 0 N–H and O–H groups in total. The maximum absolute atomic E-state index is 14.0. The molecule has 1 atom stereocenters. The van der Waals surface area contributed by atoms with Crippen molar-refractivity contribution in [2.24, 2.45) is 0 Å². The molecule has 26 heavy (non-hydrogen) atoms. The first kappa shape index (κ1) is 16.6. The van der Waals surface area contributed by atoms with Gasteiger partial charge in [0.1, 0.15) is 11.8 Å². The lowest BCUT2D eigenvalue weighted by molar-refractivity contribution is -0.129. The molecule has 1 amide bonds. The minimum absolute atomic E-state index is 0.0809. The average molecular weight is 359 g/mol. The molecule has 2 aromatic heterocycles. The van der Waals surface area contributed by atoms with E-state index >= 15 is 0 Å². The number of halogens is 3. The van der Waals surface area contributed by atoms with Crippen LogP contribution in [0.2, 0.25) is 0 Å². The molecule has 0 unspecified atom stereocenters. The van der Waals surface area contributed by atoms with Crippen LogP contribution in [0.1, 0.15) is 12.0 Å². The SMILES string of the molecule is O=C(Cc1ccn2cc(-c3cccc(F)c3F)nc2c1)N1CC[C@H](F)C1. The summed E-state index contributed by atoms with van der Waals surface area (Å²) in [6.45, 7) is 0.585. The number of likely N-dealkylation sites (tertiary alicyclic amines) is 1. The topological polar surface area (TPSA) is 37.6 Å². The fourth-order valence-corrected chi connectivity index (χ4v) is 3.20. The molecule has 0 spiro atoms. The highest BCUT2D eigenvalue weighted by atomic mass is 19.2. The Kier molecular flexibility index (Phi) is 4.14. The van der Waals surface area contributed by atoms with Crippen molar-refractivity contribution < 1.29 is 18.0 Å². The van der Waals surface area contributed by atoms with Crippen LogP contribution in [0.3, 0.4) is 0 Å². The van der Waals surface area contributed by atoms with Crippen LogP contribution in [0.25, 0.3) is 16.9 Å². The van der Waals surface area contributed by atoms with Gasteiger partial charge >= 0.3 is 0 Å². The zero-order chi connectivity index (χ0) is 18.3. The zero-order valence-corrected chi connectivity index (χ0v) is 13.8. The third-order valence-electron chi connectivity index (χ3n) is 4.59. The van der Waals surface area contributed by atoms with E-state index in [0.717, 1.165) is 11.6 Å². The lowest BCUT2D eigenvalue weighted by Gasteiger charge is -2.15. The Morgan fingerprint density at radius 1 is 1.27 bits per heavy atom. The van der Waals surface area contributed by atoms with Crippen molar-refractivity contribution in [1.82, 2.24) is 14.3 Å².